The van der Waals surface area contributed by atoms with E-state index in [1.807, 2.05) is 30.3 Å². The van der Waals surface area contributed by atoms with Gasteiger partial charge in [-0.15, -0.1) is 0 Å². The molecule has 0 bridgehead atoms. The standard InChI is InChI=1S/C14H12O3/c1-3-13(15)17-14(16)11(2)9-10-12-7-5-4-6-8-12/h3-10H,1-2H2. The van der Waals surface area contributed by atoms with E-state index in [2.05, 4.69) is 17.9 Å². The van der Waals surface area contributed by atoms with Crippen molar-refractivity contribution >= 4 is 18.0 Å². The molecule has 0 saturated heterocycles. The number of esters is 2. The molecular weight excluding hydrogens is 216 g/mol. The van der Waals surface area contributed by atoms with E-state index < -0.39 is 11.9 Å². The van der Waals surface area contributed by atoms with E-state index in [1.54, 1.807) is 6.08 Å². The molecule has 3 heteroatoms. The lowest BCUT2D eigenvalue weighted by Gasteiger charge is -1.98. The first-order valence-electron chi connectivity index (χ1n) is 4.94. The average molecular weight is 228 g/mol. The van der Waals surface area contributed by atoms with Gasteiger partial charge in [0.2, 0.25) is 0 Å². The van der Waals surface area contributed by atoms with Crippen LogP contribution in [0.15, 0.2) is 61.2 Å². The van der Waals surface area contributed by atoms with E-state index in [1.165, 1.54) is 6.08 Å². The van der Waals surface area contributed by atoms with Crippen LogP contribution in [0.1, 0.15) is 5.56 Å². The van der Waals surface area contributed by atoms with Gasteiger partial charge in [-0.05, 0) is 11.6 Å². The second-order valence-electron chi connectivity index (χ2n) is 3.18. The van der Waals surface area contributed by atoms with E-state index >= 15 is 0 Å². The number of hydrogen-bond acceptors (Lipinski definition) is 3. The van der Waals surface area contributed by atoms with Gasteiger partial charge in [-0.25, -0.2) is 9.59 Å². The van der Waals surface area contributed by atoms with Gasteiger partial charge in [0.05, 0.1) is 5.57 Å². The van der Waals surface area contributed by atoms with Crippen LogP contribution in [0.25, 0.3) is 6.08 Å². The van der Waals surface area contributed by atoms with Gasteiger partial charge in [0.1, 0.15) is 0 Å². The van der Waals surface area contributed by atoms with Crippen molar-refractivity contribution in [3.05, 3.63) is 66.8 Å². The Morgan fingerprint density at radius 3 is 2.41 bits per heavy atom. The first-order valence-corrected chi connectivity index (χ1v) is 4.94. The summed E-state index contributed by atoms with van der Waals surface area (Å²) < 4.78 is 4.40. The van der Waals surface area contributed by atoms with Crippen molar-refractivity contribution < 1.29 is 14.3 Å². The van der Waals surface area contributed by atoms with E-state index in [0.29, 0.717) is 0 Å². The molecule has 17 heavy (non-hydrogen) atoms. The van der Waals surface area contributed by atoms with Gasteiger partial charge in [0.25, 0.3) is 0 Å². The molecule has 1 aromatic rings. The Balaban J connectivity index is 2.60. The molecule has 3 nitrogen and oxygen atoms in total. The molecule has 0 unspecified atom stereocenters. The fourth-order valence-electron chi connectivity index (χ4n) is 1.03. The highest BCUT2D eigenvalue weighted by molar-refractivity contribution is 6.01. The number of carbonyl (C=O) groups is 2. The van der Waals surface area contributed by atoms with E-state index in [4.69, 9.17) is 0 Å². The third-order valence-electron chi connectivity index (χ3n) is 1.90. The van der Waals surface area contributed by atoms with Crippen LogP contribution >= 0.6 is 0 Å². The SMILES string of the molecule is C=CC(=O)OC(=O)C(=C)C=Cc1ccccc1. The zero-order chi connectivity index (χ0) is 12.7. The summed E-state index contributed by atoms with van der Waals surface area (Å²) in [6.07, 6.45) is 4.13. The van der Waals surface area contributed by atoms with Crippen LogP contribution in [0.5, 0.6) is 0 Å². The monoisotopic (exact) mass is 228 g/mol. The lowest BCUT2D eigenvalue weighted by atomic mass is 10.2. The second kappa shape index (κ2) is 6.23. The maximum atomic E-state index is 11.3. The Bertz CT molecular complexity index is 470. The number of carbonyl (C=O) groups excluding carboxylic acids is 2. The zero-order valence-corrected chi connectivity index (χ0v) is 9.26. The zero-order valence-electron chi connectivity index (χ0n) is 9.26. The maximum absolute atomic E-state index is 11.3. The Morgan fingerprint density at radius 1 is 1.18 bits per heavy atom. The van der Waals surface area contributed by atoms with Crippen LogP contribution in [0.4, 0.5) is 0 Å². The molecule has 1 rings (SSSR count). The minimum atomic E-state index is -0.788. The summed E-state index contributed by atoms with van der Waals surface area (Å²) in [5.74, 6) is -1.56. The Hall–Kier alpha value is -2.42. The molecule has 0 amide bonds. The topological polar surface area (TPSA) is 43.4 Å². The van der Waals surface area contributed by atoms with Gasteiger partial charge in [0.15, 0.2) is 0 Å². The van der Waals surface area contributed by atoms with Crippen LogP contribution in [-0.2, 0) is 14.3 Å². The van der Waals surface area contributed by atoms with Gasteiger partial charge >= 0.3 is 11.9 Å². The first kappa shape index (κ1) is 12.6. The van der Waals surface area contributed by atoms with Crippen LogP contribution in [0.3, 0.4) is 0 Å². The molecule has 0 aliphatic heterocycles. The third kappa shape index (κ3) is 4.30. The van der Waals surface area contributed by atoms with Gasteiger partial charge in [-0.2, -0.15) is 0 Å². The summed E-state index contributed by atoms with van der Waals surface area (Å²) in [4.78, 5) is 22.1. The number of rotatable bonds is 4. The minimum absolute atomic E-state index is 0.101. The molecule has 86 valence electrons. The van der Waals surface area contributed by atoms with E-state index in [0.717, 1.165) is 11.6 Å². The van der Waals surface area contributed by atoms with Crippen molar-refractivity contribution in [1.82, 2.24) is 0 Å². The van der Waals surface area contributed by atoms with E-state index in [9.17, 15) is 9.59 Å². The van der Waals surface area contributed by atoms with Crippen LogP contribution in [0, 0.1) is 0 Å². The van der Waals surface area contributed by atoms with Crippen molar-refractivity contribution in [2.45, 2.75) is 0 Å². The average Bonchev–Trinajstić information content (AvgIpc) is 2.36. The highest BCUT2D eigenvalue weighted by Gasteiger charge is 2.08. The molecule has 0 atom stereocenters. The minimum Gasteiger partial charge on any atom is -0.386 e. The van der Waals surface area contributed by atoms with Gasteiger partial charge < -0.3 is 4.74 Å². The fraction of sp³-hybridized carbons (Fsp3) is 0. The molecule has 0 saturated carbocycles. The highest BCUT2D eigenvalue weighted by atomic mass is 16.6. The van der Waals surface area contributed by atoms with Gasteiger partial charge in [-0.3, -0.25) is 0 Å². The first-order chi connectivity index (χ1) is 8.13. The Morgan fingerprint density at radius 2 is 1.82 bits per heavy atom. The Labute approximate surface area is 99.7 Å². The van der Waals surface area contributed by atoms with Crippen molar-refractivity contribution in [2.24, 2.45) is 0 Å². The van der Waals surface area contributed by atoms with Crippen LogP contribution < -0.4 is 0 Å². The van der Waals surface area contributed by atoms with Crippen molar-refractivity contribution in [3.8, 4) is 0 Å². The lowest BCUT2D eigenvalue weighted by molar-refractivity contribution is -0.152. The molecule has 0 N–H and O–H groups in total. The molecule has 1 aromatic carbocycles. The molecular formula is C14H12O3. The fourth-order valence-corrected chi connectivity index (χ4v) is 1.03. The highest BCUT2D eigenvalue weighted by Crippen LogP contribution is 2.05. The maximum Gasteiger partial charge on any atom is 0.345 e. The summed E-state index contributed by atoms with van der Waals surface area (Å²) in [7, 11) is 0. The predicted molar refractivity (Wildman–Crippen MR) is 65.9 cm³/mol. The largest absolute Gasteiger partial charge is 0.386 e. The lowest BCUT2D eigenvalue weighted by Crippen LogP contribution is -2.10. The van der Waals surface area contributed by atoms with Crippen molar-refractivity contribution in [3.63, 3.8) is 0 Å². The second-order valence-corrected chi connectivity index (χ2v) is 3.18. The summed E-state index contributed by atoms with van der Waals surface area (Å²) in [5.41, 5.74) is 1.03. The molecule has 0 aliphatic rings. The molecule has 0 spiro atoms. The van der Waals surface area contributed by atoms with Crippen LogP contribution in [-0.4, -0.2) is 11.9 Å². The number of hydrogen-bond donors (Lipinski definition) is 0. The van der Waals surface area contributed by atoms with Crippen molar-refractivity contribution in [1.29, 1.82) is 0 Å². The Kier molecular flexibility index (Phi) is 4.63. The molecule has 0 radical (unpaired) electrons. The van der Waals surface area contributed by atoms with Crippen LogP contribution in [0.2, 0.25) is 0 Å². The normalized spacial score (nSPS) is 9.88. The van der Waals surface area contributed by atoms with Crippen molar-refractivity contribution in [2.75, 3.05) is 0 Å². The number of benzene rings is 1. The molecule has 0 aromatic heterocycles. The summed E-state index contributed by atoms with van der Waals surface area (Å²) >= 11 is 0. The summed E-state index contributed by atoms with van der Waals surface area (Å²) in [5, 5.41) is 0. The summed E-state index contributed by atoms with van der Waals surface area (Å²) in [6, 6.07) is 9.40. The van der Waals surface area contributed by atoms with Gasteiger partial charge in [-0.1, -0.05) is 49.6 Å². The predicted octanol–water partition coefficient (Wildman–Crippen LogP) is 2.51. The summed E-state index contributed by atoms with van der Waals surface area (Å²) in [6.45, 7) is 6.70. The quantitative estimate of drug-likeness (QED) is 0.344. The number of ether oxygens (including phenoxy) is 1. The molecule has 0 aliphatic carbocycles. The van der Waals surface area contributed by atoms with Gasteiger partial charge in [0, 0.05) is 6.08 Å². The molecule has 0 fully saturated rings. The molecule has 0 heterocycles. The van der Waals surface area contributed by atoms with E-state index in [-0.39, 0.29) is 5.57 Å². The smallest absolute Gasteiger partial charge is 0.345 e. The third-order valence-corrected chi connectivity index (χ3v) is 1.90.